The lowest BCUT2D eigenvalue weighted by molar-refractivity contribution is -0.385. The maximum absolute atomic E-state index is 11.0. The highest BCUT2D eigenvalue weighted by Crippen LogP contribution is 2.37. The summed E-state index contributed by atoms with van der Waals surface area (Å²) in [4.78, 5) is 10.5. The average molecular weight is 308 g/mol. The molecule has 0 spiro atoms. The van der Waals surface area contributed by atoms with Crippen molar-refractivity contribution in [3.63, 3.8) is 0 Å². The Kier molecular flexibility index (Phi) is 4.67. The highest BCUT2D eigenvalue weighted by Gasteiger charge is 2.22. The molecule has 1 aliphatic heterocycles. The van der Waals surface area contributed by atoms with Gasteiger partial charge in [-0.25, -0.2) is 0 Å². The highest BCUT2D eigenvalue weighted by molar-refractivity contribution is 7.80. The molecule has 9 heteroatoms. The summed E-state index contributed by atoms with van der Waals surface area (Å²) in [6.07, 6.45) is 2.93. The van der Waals surface area contributed by atoms with Crippen molar-refractivity contribution in [1.29, 1.82) is 0 Å². The molecular weight excluding hydrogens is 296 g/mol. The molecule has 8 nitrogen and oxygen atoms in total. The molecule has 110 valence electrons. The van der Waals surface area contributed by atoms with Gasteiger partial charge in [0, 0.05) is 6.54 Å². The number of fused-ring (bicyclic) bond motifs is 1. The van der Waals surface area contributed by atoms with Crippen molar-refractivity contribution in [2.24, 2.45) is 5.10 Å². The lowest BCUT2D eigenvalue weighted by Gasteiger charge is -2.04. The van der Waals surface area contributed by atoms with Gasteiger partial charge < -0.3 is 14.8 Å². The molecule has 0 amide bonds. The summed E-state index contributed by atoms with van der Waals surface area (Å²) in [5.41, 5.74) is 2.70. The Morgan fingerprint density at radius 3 is 2.90 bits per heavy atom. The van der Waals surface area contributed by atoms with E-state index in [4.69, 9.17) is 21.7 Å². The number of nitrogens with one attached hydrogen (secondary N) is 2. The van der Waals surface area contributed by atoms with E-state index in [2.05, 4.69) is 22.4 Å². The predicted octanol–water partition coefficient (Wildman–Crippen LogP) is 1.31. The van der Waals surface area contributed by atoms with Crippen LogP contribution >= 0.6 is 12.2 Å². The largest absolute Gasteiger partial charge is 0.454 e. The van der Waals surface area contributed by atoms with Crippen LogP contribution in [0.3, 0.4) is 0 Å². The second-order valence-corrected chi connectivity index (χ2v) is 4.30. The Bertz CT molecular complexity index is 618. The number of hydrazone groups is 1. The van der Waals surface area contributed by atoms with Crippen LogP contribution in [0, 0.1) is 10.1 Å². The Morgan fingerprint density at radius 1 is 1.52 bits per heavy atom. The van der Waals surface area contributed by atoms with Crippen LogP contribution in [0.4, 0.5) is 5.69 Å². The minimum Gasteiger partial charge on any atom is -0.454 e. The molecule has 21 heavy (non-hydrogen) atoms. The van der Waals surface area contributed by atoms with Gasteiger partial charge >= 0.3 is 0 Å². The van der Waals surface area contributed by atoms with Crippen molar-refractivity contribution in [3.05, 3.63) is 40.5 Å². The molecule has 1 heterocycles. The van der Waals surface area contributed by atoms with Gasteiger partial charge in [-0.1, -0.05) is 6.08 Å². The van der Waals surface area contributed by atoms with Crippen molar-refractivity contribution >= 4 is 29.2 Å². The van der Waals surface area contributed by atoms with Crippen molar-refractivity contribution in [2.45, 2.75) is 0 Å². The van der Waals surface area contributed by atoms with Gasteiger partial charge in [0.2, 0.25) is 6.79 Å². The number of rotatable bonds is 5. The van der Waals surface area contributed by atoms with Gasteiger partial charge in [0.05, 0.1) is 22.8 Å². The van der Waals surface area contributed by atoms with Gasteiger partial charge in [0.1, 0.15) is 0 Å². The normalized spacial score (nSPS) is 12.2. The molecule has 0 bridgehead atoms. The Balaban J connectivity index is 2.13. The number of hydrogen-bond donors (Lipinski definition) is 2. The van der Waals surface area contributed by atoms with Crippen LogP contribution in [-0.2, 0) is 0 Å². The van der Waals surface area contributed by atoms with Gasteiger partial charge in [-0.15, -0.1) is 6.58 Å². The molecule has 0 radical (unpaired) electrons. The summed E-state index contributed by atoms with van der Waals surface area (Å²) in [6, 6.07) is 2.80. The zero-order valence-electron chi connectivity index (χ0n) is 10.9. The predicted molar refractivity (Wildman–Crippen MR) is 80.7 cm³/mol. The highest BCUT2D eigenvalue weighted by atomic mass is 32.1. The summed E-state index contributed by atoms with van der Waals surface area (Å²) in [5.74, 6) is 0.782. The SMILES string of the molecule is C=CCNC(=S)N/N=C\c1cc2c(cc1[N+](=O)[O-])OCO2. The van der Waals surface area contributed by atoms with Gasteiger partial charge in [-0.05, 0) is 18.3 Å². The summed E-state index contributed by atoms with van der Waals surface area (Å²) >= 11 is 4.94. The topological polar surface area (TPSA) is 98.0 Å². The van der Waals surface area contributed by atoms with E-state index in [-0.39, 0.29) is 23.2 Å². The van der Waals surface area contributed by atoms with Gasteiger partial charge in [-0.3, -0.25) is 15.5 Å². The maximum atomic E-state index is 11.0. The van der Waals surface area contributed by atoms with Crippen LogP contribution in [0.1, 0.15) is 5.56 Å². The third-order valence-electron chi connectivity index (χ3n) is 2.50. The molecule has 0 atom stereocenters. The minimum atomic E-state index is -0.516. The van der Waals surface area contributed by atoms with Gasteiger partial charge in [0.15, 0.2) is 16.6 Å². The fourth-order valence-corrected chi connectivity index (χ4v) is 1.71. The number of nitro benzene ring substituents is 1. The zero-order chi connectivity index (χ0) is 15.2. The van der Waals surface area contributed by atoms with E-state index >= 15 is 0 Å². The molecule has 0 aliphatic carbocycles. The van der Waals surface area contributed by atoms with Crippen LogP contribution in [0.15, 0.2) is 29.9 Å². The molecule has 2 N–H and O–H groups in total. The summed E-state index contributed by atoms with van der Waals surface area (Å²) < 4.78 is 10.3. The fraction of sp³-hybridized carbons (Fsp3) is 0.167. The first-order valence-electron chi connectivity index (χ1n) is 5.87. The number of nitro groups is 1. The third-order valence-corrected chi connectivity index (χ3v) is 2.73. The average Bonchev–Trinajstić information content (AvgIpc) is 2.91. The molecule has 0 saturated heterocycles. The number of nitrogens with zero attached hydrogens (tertiary/aromatic N) is 2. The van der Waals surface area contributed by atoms with Crippen molar-refractivity contribution in [1.82, 2.24) is 10.7 Å². The summed E-state index contributed by atoms with van der Waals surface area (Å²) in [6.45, 7) is 4.07. The van der Waals surface area contributed by atoms with Crippen LogP contribution in [0.25, 0.3) is 0 Å². The quantitative estimate of drug-likeness (QED) is 0.278. The number of ether oxygens (including phenoxy) is 2. The number of hydrogen-bond acceptors (Lipinski definition) is 6. The lowest BCUT2D eigenvalue weighted by Crippen LogP contribution is -2.31. The zero-order valence-corrected chi connectivity index (χ0v) is 11.7. The van der Waals surface area contributed by atoms with E-state index in [1.54, 1.807) is 6.08 Å². The van der Waals surface area contributed by atoms with Crippen molar-refractivity contribution in [2.75, 3.05) is 13.3 Å². The first kappa shape index (κ1) is 14.7. The minimum absolute atomic E-state index is 0.0426. The molecular formula is C12H12N4O4S. The Labute approximate surface area is 125 Å². The van der Waals surface area contributed by atoms with Gasteiger partial charge in [0.25, 0.3) is 5.69 Å². The second-order valence-electron chi connectivity index (χ2n) is 3.89. The number of thiocarbonyl (C=S) groups is 1. The third kappa shape index (κ3) is 3.66. The monoisotopic (exact) mass is 308 g/mol. The van der Waals surface area contributed by atoms with E-state index in [0.29, 0.717) is 18.0 Å². The smallest absolute Gasteiger partial charge is 0.282 e. The van der Waals surface area contributed by atoms with Crippen LogP contribution < -0.4 is 20.2 Å². The van der Waals surface area contributed by atoms with Crippen LogP contribution in [0.2, 0.25) is 0 Å². The molecule has 1 aromatic carbocycles. The van der Waals surface area contributed by atoms with Gasteiger partial charge in [-0.2, -0.15) is 5.10 Å². The van der Waals surface area contributed by atoms with E-state index < -0.39 is 4.92 Å². The van der Waals surface area contributed by atoms with Crippen molar-refractivity contribution < 1.29 is 14.4 Å². The van der Waals surface area contributed by atoms with E-state index in [1.807, 2.05) is 0 Å². The van der Waals surface area contributed by atoms with Crippen LogP contribution in [0.5, 0.6) is 11.5 Å². The molecule has 2 rings (SSSR count). The molecule has 1 aromatic rings. The molecule has 0 unspecified atom stereocenters. The Morgan fingerprint density at radius 2 is 2.24 bits per heavy atom. The second kappa shape index (κ2) is 6.66. The molecule has 0 fully saturated rings. The van der Waals surface area contributed by atoms with E-state index in [9.17, 15) is 10.1 Å². The van der Waals surface area contributed by atoms with Crippen LogP contribution in [-0.4, -0.2) is 29.6 Å². The maximum Gasteiger partial charge on any atom is 0.282 e. The standard InChI is InChI=1S/C12H12N4O4S/c1-2-3-13-12(21)15-14-6-8-4-10-11(20-7-19-10)5-9(8)16(17)18/h2,4-6H,1,3,7H2,(H2,13,15,21)/b14-6-. The van der Waals surface area contributed by atoms with E-state index in [1.165, 1.54) is 18.3 Å². The lowest BCUT2D eigenvalue weighted by atomic mass is 10.1. The number of benzene rings is 1. The van der Waals surface area contributed by atoms with E-state index in [0.717, 1.165) is 0 Å². The Hall–Kier alpha value is -2.68. The summed E-state index contributed by atoms with van der Waals surface area (Å²) in [7, 11) is 0. The first-order chi connectivity index (χ1) is 10.1. The first-order valence-corrected chi connectivity index (χ1v) is 6.28. The molecule has 0 aromatic heterocycles. The van der Waals surface area contributed by atoms with Crippen molar-refractivity contribution in [3.8, 4) is 11.5 Å². The molecule has 0 saturated carbocycles. The fourth-order valence-electron chi connectivity index (χ4n) is 1.57. The molecule has 1 aliphatic rings. The summed E-state index contributed by atoms with van der Waals surface area (Å²) in [5, 5.41) is 18.0.